The second kappa shape index (κ2) is 12.3. The van der Waals surface area contributed by atoms with E-state index in [1.165, 1.54) is 12.1 Å². The number of sulfonamides is 1. The van der Waals surface area contributed by atoms with Gasteiger partial charge in [0.15, 0.2) is 6.10 Å². The Labute approximate surface area is 218 Å². The molecule has 0 aromatic heterocycles. The van der Waals surface area contributed by atoms with Crippen LogP contribution in [0.15, 0.2) is 114 Å². The molecule has 0 saturated heterocycles. The number of anilines is 1. The highest BCUT2D eigenvalue weighted by Gasteiger charge is 2.19. The van der Waals surface area contributed by atoms with Crippen molar-refractivity contribution in [1.82, 2.24) is 4.72 Å². The molecule has 0 aliphatic carbocycles. The van der Waals surface area contributed by atoms with Gasteiger partial charge in [-0.2, -0.15) is 0 Å². The zero-order valence-electron chi connectivity index (χ0n) is 20.6. The maximum atomic E-state index is 12.8. The summed E-state index contributed by atoms with van der Waals surface area (Å²) in [5.41, 5.74) is 3.73. The number of rotatable bonds is 11. The first-order valence-electron chi connectivity index (χ1n) is 12.2. The number of nitrogens with one attached hydrogen (secondary N) is 2. The Morgan fingerprint density at radius 2 is 1.38 bits per heavy atom. The molecular weight excluding hydrogens is 484 g/mol. The van der Waals surface area contributed by atoms with Crippen molar-refractivity contribution in [2.24, 2.45) is 0 Å². The van der Waals surface area contributed by atoms with E-state index in [2.05, 4.69) is 10.0 Å². The zero-order valence-corrected chi connectivity index (χ0v) is 21.4. The molecule has 0 spiro atoms. The summed E-state index contributed by atoms with van der Waals surface area (Å²) in [6, 6.07) is 33.4. The molecule has 0 aliphatic rings. The van der Waals surface area contributed by atoms with E-state index in [1.807, 2.05) is 91.9 Å². The summed E-state index contributed by atoms with van der Waals surface area (Å²) in [5, 5.41) is 2.81. The molecule has 0 saturated carbocycles. The fraction of sp³-hybridized carbons (Fsp3) is 0.167. The Kier molecular flexibility index (Phi) is 8.72. The lowest BCUT2D eigenvalue weighted by atomic mass is 10.1. The van der Waals surface area contributed by atoms with Crippen LogP contribution in [0.2, 0.25) is 0 Å². The third-order valence-corrected chi connectivity index (χ3v) is 7.36. The number of hydrogen-bond acceptors (Lipinski definition) is 4. The van der Waals surface area contributed by atoms with E-state index in [9.17, 15) is 13.2 Å². The first-order chi connectivity index (χ1) is 17.9. The van der Waals surface area contributed by atoms with Gasteiger partial charge in [-0.15, -0.1) is 0 Å². The first-order valence-corrected chi connectivity index (χ1v) is 13.7. The largest absolute Gasteiger partial charge is 0.481 e. The van der Waals surface area contributed by atoms with Gasteiger partial charge in [0.25, 0.3) is 5.91 Å². The Bertz CT molecular complexity index is 1390. The molecule has 4 aromatic rings. The molecule has 1 amide bonds. The van der Waals surface area contributed by atoms with Crippen molar-refractivity contribution in [3.63, 3.8) is 0 Å². The van der Waals surface area contributed by atoms with Crippen molar-refractivity contribution in [1.29, 1.82) is 0 Å². The number of hydrogen-bond donors (Lipinski definition) is 2. The van der Waals surface area contributed by atoms with E-state index < -0.39 is 16.1 Å². The quantitative estimate of drug-likeness (QED) is 0.270. The van der Waals surface area contributed by atoms with Crippen LogP contribution in [-0.2, 0) is 21.2 Å². The summed E-state index contributed by atoms with van der Waals surface area (Å²) < 4.78 is 33.8. The maximum Gasteiger partial charge on any atom is 0.265 e. The third-order valence-electron chi connectivity index (χ3n) is 5.88. The van der Waals surface area contributed by atoms with Crippen molar-refractivity contribution in [2.45, 2.75) is 30.8 Å². The molecule has 4 aromatic carbocycles. The molecule has 190 valence electrons. The molecule has 0 radical (unpaired) electrons. The molecule has 1 unspecified atom stereocenters. The van der Waals surface area contributed by atoms with E-state index in [0.717, 1.165) is 16.7 Å². The lowest BCUT2D eigenvalue weighted by molar-refractivity contribution is -0.122. The molecule has 1 atom stereocenters. The highest BCUT2D eigenvalue weighted by molar-refractivity contribution is 7.89. The van der Waals surface area contributed by atoms with Crippen LogP contribution in [0.5, 0.6) is 5.75 Å². The Morgan fingerprint density at radius 1 is 0.784 bits per heavy atom. The standard InChI is InChI=1S/C30H30N2O4S/c1-2-29(36-27-17-13-25(14-18-27)24-11-7-4-8-12-24)30(33)32-26-15-19-28(20-16-26)37(34,35)31-22-21-23-9-5-3-6-10-23/h3-20,29,31H,2,21-22H2,1H3,(H,32,33). The number of carbonyl (C=O) groups is 1. The van der Waals surface area contributed by atoms with Gasteiger partial charge in [0.1, 0.15) is 5.75 Å². The molecule has 37 heavy (non-hydrogen) atoms. The van der Waals surface area contributed by atoms with Gasteiger partial charge in [-0.3, -0.25) is 4.79 Å². The van der Waals surface area contributed by atoms with Gasteiger partial charge in [-0.25, -0.2) is 13.1 Å². The van der Waals surface area contributed by atoms with E-state index in [-0.39, 0.29) is 10.8 Å². The summed E-state index contributed by atoms with van der Waals surface area (Å²) in [5.74, 6) is 0.302. The summed E-state index contributed by atoms with van der Waals surface area (Å²) in [6.45, 7) is 2.17. The number of benzene rings is 4. The monoisotopic (exact) mass is 514 g/mol. The van der Waals surface area contributed by atoms with Crippen LogP contribution in [0.3, 0.4) is 0 Å². The Morgan fingerprint density at radius 3 is 2.00 bits per heavy atom. The molecule has 0 heterocycles. The average molecular weight is 515 g/mol. The van der Waals surface area contributed by atoms with Crippen LogP contribution in [0.4, 0.5) is 5.69 Å². The van der Waals surface area contributed by atoms with E-state index >= 15 is 0 Å². The zero-order chi connectivity index (χ0) is 26.1. The summed E-state index contributed by atoms with van der Waals surface area (Å²) in [4.78, 5) is 13.0. The maximum absolute atomic E-state index is 12.8. The molecule has 0 fully saturated rings. The first kappa shape index (κ1) is 26.1. The minimum absolute atomic E-state index is 0.139. The summed E-state index contributed by atoms with van der Waals surface area (Å²) in [7, 11) is -3.65. The van der Waals surface area contributed by atoms with Crippen molar-refractivity contribution in [3.05, 3.63) is 115 Å². The fourth-order valence-electron chi connectivity index (χ4n) is 3.84. The lowest BCUT2D eigenvalue weighted by Crippen LogP contribution is -2.32. The van der Waals surface area contributed by atoms with Gasteiger partial charge in [0.05, 0.1) is 4.90 Å². The molecular formula is C30H30N2O4S. The normalized spacial score (nSPS) is 12.0. The van der Waals surface area contributed by atoms with Crippen molar-refractivity contribution in [3.8, 4) is 16.9 Å². The van der Waals surface area contributed by atoms with Gasteiger partial charge >= 0.3 is 0 Å². The highest BCUT2D eigenvalue weighted by atomic mass is 32.2. The van der Waals surface area contributed by atoms with Crippen LogP contribution in [0.1, 0.15) is 18.9 Å². The third kappa shape index (κ3) is 7.29. The molecule has 6 nitrogen and oxygen atoms in total. The molecule has 4 rings (SSSR count). The predicted octanol–water partition coefficient (Wildman–Crippen LogP) is 5.67. The number of carbonyl (C=O) groups excluding carboxylic acids is 1. The molecule has 0 bridgehead atoms. The van der Waals surface area contributed by atoms with E-state index in [4.69, 9.17) is 4.74 Å². The highest BCUT2D eigenvalue weighted by Crippen LogP contribution is 2.23. The van der Waals surface area contributed by atoms with Gasteiger partial charge < -0.3 is 10.1 Å². The smallest absolute Gasteiger partial charge is 0.265 e. The minimum atomic E-state index is -3.65. The molecule has 7 heteroatoms. The van der Waals surface area contributed by atoms with Crippen molar-refractivity contribution < 1.29 is 17.9 Å². The van der Waals surface area contributed by atoms with Gasteiger partial charge in [0.2, 0.25) is 10.0 Å². The Hall–Kier alpha value is -3.94. The number of ether oxygens (including phenoxy) is 1. The average Bonchev–Trinajstić information content (AvgIpc) is 2.93. The van der Waals surface area contributed by atoms with Crippen LogP contribution in [0.25, 0.3) is 11.1 Å². The molecule has 0 aliphatic heterocycles. The van der Waals surface area contributed by atoms with Crippen LogP contribution >= 0.6 is 0 Å². The minimum Gasteiger partial charge on any atom is -0.481 e. The van der Waals surface area contributed by atoms with Crippen molar-refractivity contribution in [2.75, 3.05) is 11.9 Å². The second-order valence-electron chi connectivity index (χ2n) is 8.55. The van der Waals surface area contributed by atoms with Crippen LogP contribution < -0.4 is 14.8 Å². The van der Waals surface area contributed by atoms with Gasteiger partial charge in [-0.05, 0) is 65.9 Å². The van der Waals surface area contributed by atoms with Gasteiger partial charge in [0, 0.05) is 12.2 Å². The second-order valence-corrected chi connectivity index (χ2v) is 10.3. The topological polar surface area (TPSA) is 84.5 Å². The lowest BCUT2D eigenvalue weighted by Gasteiger charge is -2.18. The summed E-state index contributed by atoms with van der Waals surface area (Å²) in [6.07, 6.45) is 0.386. The van der Waals surface area contributed by atoms with Crippen LogP contribution in [0, 0.1) is 0 Å². The summed E-state index contributed by atoms with van der Waals surface area (Å²) >= 11 is 0. The van der Waals surface area contributed by atoms with Gasteiger partial charge in [-0.1, -0.05) is 79.7 Å². The SMILES string of the molecule is CCC(Oc1ccc(-c2ccccc2)cc1)C(=O)Nc1ccc(S(=O)(=O)NCCc2ccccc2)cc1. The fourth-order valence-corrected chi connectivity index (χ4v) is 4.87. The molecule has 2 N–H and O–H groups in total. The van der Waals surface area contributed by atoms with E-state index in [0.29, 0.717) is 30.8 Å². The predicted molar refractivity (Wildman–Crippen MR) is 147 cm³/mol. The van der Waals surface area contributed by atoms with E-state index in [1.54, 1.807) is 12.1 Å². The number of amides is 1. The Balaban J connectivity index is 1.32. The van der Waals surface area contributed by atoms with Crippen molar-refractivity contribution >= 4 is 21.6 Å². The van der Waals surface area contributed by atoms with Crippen LogP contribution in [-0.4, -0.2) is 27.0 Å².